The first-order valence-electron chi connectivity index (χ1n) is 13.1. The summed E-state index contributed by atoms with van der Waals surface area (Å²) in [6, 6.07) is 21.4. The van der Waals surface area contributed by atoms with Gasteiger partial charge in [-0.15, -0.1) is 5.10 Å². The summed E-state index contributed by atoms with van der Waals surface area (Å²) in [6.45, 7) is 2.96. The molecule has 11 nitrogen and oxygen atoms in total. The molecule has 40 heavy (non-hydrogen) atoms. The average Bonchev–Trinajstić information content (AvgIpc) is 3.62. The number of aryl methyl sites for hydroxylation is 1. The van der Waals surface area contributed by atoms with Crippen LogP contribution >= 0.6 is 0 Å². The van der Waals surface area contributed by atoms with E-state index in [1.807, 2.05) is 73.8 Å². The fourth-order valence-electron chi connectivity index (χ4n) is 4.55. The van der Waals surface area contributed by atoms with Crippen LogP contribution in [0.5, 0.6) is 0 Å². The molecule has 0 saturated carbocycles. The van der Waals surface area contributed by atoms with Crippen molar-refractivity contribution < 1.29 is 9.53 Å². The van der Waals surface area contributed by atoms with Crippen molar-refractivity contribution in [1.29, 1.82) is 0 Å². The maximum absolute atomic E-state index is 12.7. The molecule has 202 valence electrons. The molecule has 1 aliphatic heterocycles. The summed E-state index contributed by atoms with van der Waals surface area (Å²) >= 11 is 0. The summed E-state index contributed by atoms with van der Waals surface area (Å²) in [5.74, 6) is 1.91. The number of hydrogen-bond acceptors (Lipinski definition) is 8. The van der Waals surface area contributed by atoms with Crippen molar-refractivity contribution in [1.82, 2.24) is 29.5 Å². The molecule has 6 rings (SSSR count). The molecule has 0 unspecified atom stereocenters. The number of pyridine rings is 1. The van der Waals surface area contributed by atoms with Crippen LogP contribution in [0.4, 0.5) is 23.3 Å². The van der Waals surface area contributed by atoms with Gasteiger partial charge in [-0.1, -0.05) is 30.3 Å². The molecule has 1 amide bonds. The fraction of sp³-hybridized carbons (Fsp3) is 0.207. The summed E-state index contributed by atoms with van der Waals surface area (Å²) in [5, 5.41) is 15.4. The highest BCUT2D eigenvalue weighted by Crippen LogP contribution is 2.29. The first-order chi connectivity index (χ1) is 19.6. The third-order valence-corrected chi connectivity index (χ3v) is 6.65. The van der Waals surface area contributed by atoms with Gasteiger partial charge in [0.05, 0.1) is 31.5 Å². The molecule has 5 aromatic rings. The molecule has 11 heteroatoms. The average molecular weight is 536 g/mol. The standard InChI is InChI=1S/C29H29N9O2/c1-36-28(34-27(39)17-21-5-3-2-4-6-21)25(19-32-36)22-11-12-30-26(18-22)33-23-7-9-24(10-8-23)38-20-31-29(35-38)37-13-15-40-16-14-37/h2-12,18-20H,13-17H2,1H3,(H,30,33)(H,34,39). The molecule has 1 aliphatic rings. The van der Waals surface area contributed by atoms with Crippen molar-refractivity contribution >= 4 is 29.2 Å². The molecule has 2 aromatic carbocycles. The second-order valence-corrected chi connectivity index (χ2v) is 9.43. The maximum atomic E-state index is 12.7. The Kier molecular flexibility index (Phi) is 7.18. The van der Waals surface area contributed by atoms with E-state index in [-0.39, 0.29) is 12.3 Å². The maximum Gasteiger partial charge on any atom is 0.245 e. The van der Waals surface area contributed by atoms with Gasteiger partial charge in [-0.05, 0) is 47.5 Å². The van der Waals surface area contributed by atoms with E-state index in [4.69, 9.17) is 4.74 Å². The normalized spacial score (nSPS) is 13.3. The fourth-order valence-corrected chi connectivity index (χ4v) is 4.55. The summed E-state index contributed by atoms with van der Waals surface area (Å²) in [7, 11) is 1.81. The minimum absolute atomic E-state index is 0.104. The second kappa shape index (κ2) is 11.4. The molecule has 0 bridgehead atoms. The van der Waals surface area contributed by atoms with E-state index in [0.717, 1.165) is 41.2 Å². The highest BCUT2D eigenvalue weighted by atomic mass is 16.5. The topological polar surface area (TPSA) is 115 Å². The Labute approximate surface area is 231 Å². The van der Waals surface area contributed by atoms with Crippen LogP contribution in [-0.2, 0) is 23.0 Å². The summed E-state index contributed by atoms with van der Waals surface area (Å²) in [6.07, 6.45) is 5.49. The number of nitrogens with zero attached hydrogens (tertiary/aromatic N) is 7. The lowest BCUT2D eigenvalue weighted by Crippen LogP contribution is -2.37. The van der Waals surface area contributed by atoms with Crippen LogP contribution in [0, 0.1) is 0 Å². The lowest BCUT2D eigenvalue weighted by Gasteiger charge is -2.25. The molecule has 0 atom stereocenters. The van der Waals surface area contributed by atoms with Crippen LogP contribution < -0.4 is 15.5 Å². The molecule has 2 N–H and O–H groups in total. The molecular weight excluding hydrogens is 506 g/mol. The smallest absolute Gasteiger partial charge is 0.245 e. The zero-order valence-electron chi connectivity index (χ0n) is 22.1. The van der Waals surface area contributed by atoms with Gasteiger partial charge in [0.1, 0.15) is 18.0 Å². The Morgan fingerprint density at radius 1 is 1.00 bits per heavy atom. The lowest BCUT2D eigenvalue weighted by atomic mass is 10.1. The monoisotopic (exact) mass is 535 g/mol. The van der Waals surface area contributed by atoms with Crippen LogP contribution in [0.2, 0.25) is 0 Å². The van der Waals surface area contributed by atoms with Crippen molar-refractivity contribution in [3.8, 4) is 16.8 Å². The zero-order chi connectivity index (χ0) is 27.3. The van der Waals surface area contributed by atoms with Crippen molar-refractivity contribution in [2.75, 3.05) is 41.8 Å². The van der Waals surface area contributed by atoms with E-state index >= 15 is 0 Å². The van der Waals surface area contributed by atoms with Gasteiger partial charge in [0, 0.05) is 37.6 Å². The number of carbonyl (C=O) groups excluding carboxylic acids is 1. The Hall–Kier alpha value is -5.03. The molecular formula is C29H29N9O2. The highest BCUT2D eigenvalue weighted by Gasteiger charge is 2.16. The first-order valence-corrected chi connectivity index (χ1v) is 13.1. The third-order valence-electron chi connectivity index (χ3n) is 6.65. The minimum Gasteiger partial charge on any atom is -0.378 e. The molecule has 0 aliphatic carbocycles. The number of aromatic nitrogens is 6. The number of anilines is 4. The summed E-state index contributed by atoms with van der Waals surface area (Å²) in [5.41, 5.74) is 4.43. The van der Waals surface area contributed by atoms with Gasteiger partial charge in [0.2, 0.25) is 11.9 Å². The van der Waals surface area contributed by atoms with Gasteiger partial charge in [0.25, 0.3) is 0 Å². The Bertz CT molecular complexity index is 1590. The van der Waals surface area contributed by atoms with Crippen LogP contribution in [0.25, 0.3) is 16.8 Å². The van der Waals surface area contributed by atoms with Crippen molar-refractivity contribution in [2.24, 2.45) is 7.05 Å². The summed E-state index contributed by atoms with van der Waals surface area (Å²) < 4.78 is 8.85. The molecule has 0 radical (unpaired) electrons. The van der Waals surface area contributed by atoms with E-state index < -0.39 is 0 Å². The van der Waals surface area contributed by atoms with E-state index in [1.54, 1.807) is 28.1 Å². The van der Waals surface area contributed by atoms with Gasteiger partial charge in [0.15, 0.2) is 0 Å². The van der Waals surface area contributed by atoms with Gasteiger partial charge in [-0.25, -0.2) is 9.67 Å². The zero-order valence-corrected chi connectivity index (χ0v) is 22.1. The van der Waals surface area contributed by atoms with E-state index in [2.05, 4.69) is 35.7 Å². The van der Waals surface area contributed by atoms with Crippen LogP contribution in [0.15, 0.2) is 85.5 Å². The van der Waals surface area contributed by atoms with Crippen molar-refractivity contribution in [3.63, 3.8) is 0 Å². The number of amides is 1. The molecule has 4 heterocycles. The quantitative estimate of drug-likeness (QED) is 0.308. The number of nitrogens with one attached hydrogen (secondary N) is 2. The van der Waals surface area contributed by atoms with Gasteiger partial charge >= 0.3 is 0 Å². The van der Waals surface area contributed by atoms with E-state index in [9.17, 15) is 4.79 Å². The molecule has 1 fully saturated rings. The number of hydrogen-bond donors (Lipinski definition) is 2. The predicted octanol–water partition coefficient (Wildman–Crippen LogP) is 3.82. The number of morpholine rings is 1. The highest BCUT2D eigenvalue weighted by molar-refractivity contribution is 5.95. The number of benzene rings is 2. The molecule has 0 spiro atoms. The van der Waals surface area contributed by atoms with Gasteiger partial charge < -0.3 is 20.3 Å². The molecule has 3 aromatic heterocycles. The van der Waals surface area contributed by atoms with Crippen molar-refractivity contribution in [2.45, 2.75) is 6.42 Å². The van der Waals surface area contributed by atoms with E-state index in [0.29, 0.717) is 30.8 Å². The van der Waals surface area contributed by atoms with Gasteiger partial charge in [-0.3, -0.25) is 9.48 Å². The third kappa shape index (κ3) is 5.69. The van der Waals surface area contributed by atoms with Crippen LogP contribution in [0.1, 0.15) is 5.56 Å². The summed E-state index contributed by atoms with van der Waals surface area (Å²) in [4.78, 5) is 23.8. The van der Waals surface area contributed by atoms with Crippen LogP contribution in [0.3, 0.4) is 0 Å². The number of carbonyl (C=O) groups is 1. The van der Waals surface area contributed by atoms with Crippen LogP contribution in [-0.4, -0.2) is 61.7 Å². The lowest BCUT2D eigenvalue weighted by molar-refractivity contribution is -0.115. The van der Waals surface area contributed by atoms with Crippen molar-refractivity contribution in [3.05, 3.63) is 91.0 Å². The Morgan fingerprint density at radius 3 is 2.60 bits per heavy atom. The largest absolute Gasteiger partial charge is 0.378 e. The predicted molar refractivity (Wildman–Crippen MR) is 153 cm³/mol. The number of rotatable bonds is 8. The molecule has 1 saturated heterocycles. The van der Waals surface area contributed by atoms with Gasteiger partial charge in [-0.2, -0.15) is 10.1 Å². The number of ether oxygens (including phenoxy) is 1. The Balaban J connectivity index is 1.14. The SMILES string of the molecule is Cn1ncc(-c2ccnc(Nc3ccc(-n4cnc(N5CCOCC5)n4)cc3)c2)c1NC(=O)Cc1ccccc1. The minimum atomic E-state index is -0.104. The first kappa shape index (κ1) is 25.3. The second-order valence-electron chi connectivity index (χ2n) is 9.43. The van der Waals surface area contributed by atoms with E-state index in [1.165, 1.54) is 0 Å². The Morgan fingerprint density at radius 2 is 1.80 bits per heavy atom.